The van der Waals surface area contributed by atoms with Gasteiger partial charge in [0.1, 0.15) is 0 Å². The van der Waals surface area contributed by atoms with E-state index < -0.39 is 24.0 Å². The molecule has 1 amide bonds. The number of carbonyl (C=O) groups excluding carboxylic acids is 1. The molecule has 0 aliphatic carbocycles. The Bertz CT molecular complexity index is 720. The number of hydrogen-bond acceptors (Lipinski definition) is 4. The summed E-state index contributed by atoms with van der Waals surface area (Å²) in [5, 5.41) is 16.6. The van der Waals surface area contributed by atoms with Crippen molar-refractivity contribution in [1.29, 1.82) is 0 Å². The van der Waals surface area contributed by atoms with Crippen LogP contribution in [0.4, 0.5) is 13.2 Å². The number of carboxylic acids is 2. The van der Waals surface area contributed by atoms with Gasteiger partial charge in [-0.25, -0.2) is 4.79 Å². The zero-order valence-corrected chi connectivity index (χ0v) is 15.6. The molecule has 7 nitrogen and oxygen atoms in total. The zero-order chi connectivity index (χ0) is 21.6. The zero-order valence-electron chi connectivity index (χ0n) is 15.6. The number of alkyl halides is 3. The van der Waals surface area contributed by atoms with E-state index in [-0.39, 0.29) is 11.8 Å². The third kappa shape index (κ3) is 6.45. The molecule has 2 heterocycles. The second-order valence-corrected chi connectivity index (χ2v) is 7.05. The number of rotatable bonds is 4. The number of likely N-dealkylation sites (tertiary alicyclic amines) is 2. The van der Waals surface area contributed by atoms with Crippen LogP contribution in [-0.2, 0) is 14.4 Å². The lowest BCUT2D eigenvalue weighted by atomic mass is 9.89. The van der Waals surface area contributed by atoms with Crippen molar-refractivity contribution in [3.8, 4) is 0 Å². The fraction of sp³-hybridized carbons (Fsp3) is 0.526. The minimum atomic E-state index is -5.08. The van der Waals surface area contributed by atoms with Gasteiger partial charge in [0.25, 0.3) is 0 Å². The maximum Gasteiger partial charge on any atom is 0.490 e. The molecule has 2 fully saturated rings. The van der Waals surface area contributed by atoms with Crippen LogP contribution in [0, 0.1) is 5.92 Å². The Kier molecular flexibility index (Phi) is 7.60. The highest BCUT2D eigenvalue weighted by atomic mass is 19.4. The van der Waals surface area contributed by atoms with E-state index in [1.807, 2.05) is 30.3 Å². The first-order chi connectivity index (χ1) is 13.6. The lowest BCUT2D eigenvalue weighted by Crippen LogP contribution is -2.38. The van der Waals surface area contributed by atoms with Crippen LogP contribution in [0.2, 0.25) is 0 Å². The van der Waals surface area contributed by atoms with E-state index >= 15 is 0 Å². The summed E-state index contributed by atoms with van der Waals surface area (Å²) < 4.78 is 31.7. The minimum Gasteiger partial charge on any atom is -0.481 e. The first-order valence-corrected chi connectivity index (χ1v) is 9.17. The first kappa shape index (κ1) is 22.7. The monoisotopic (exact) mass is 416 g/mol. The predicted octanol–water partition coefficient (Wildman–Crippen LogP) is 2.04. The number of hydrogen-bond donors (Lipinski definition) is 2. The van der Waals surface area contributed by atoms with Crippen LogP contribution in [0.5, 0.6) is 0 Å². The molecular formula is C19H23F3N2O5. The summed E-state index contributed by atoms with van der Waals surface area (Å²) in [5.74, 6) is -4.13. The fourth-order valence-electron chi connectivity index (χ4n) is 3.53. The summed E-state index contributed by atoms with van der Waals surface area (Å²) in [4.78, 5) is 36.8. The van der Waals surface area contributed by atoms with Gasteiger partial charge in [-0.05, 0) is 31.5 Å². The summed E-state index contributed by atoms with van der Waals surface area (Å²) >= 11 is 0. The molecule has 2 saturated heterocycles. The van der Waals surface area contributed by atoms with Crippen molar-refractivity contribution in [1.82, 2.24) is 9.80 Å². The third-order valence-corrected chi connectivity index (χ3v) is 5.02. The van der Waals surface area contributed by atoms with Crippen LogP contribution in [0.15, 0.2) is 30.3 Å². The van der Waals surface area contributed by atoms with Gasteiger partial charge in [0.05, 0.1) is 12.5 Å². The molecule has 0 unspecified atom stereocenters. The molecule has 2 aliphatic rings. The summed E-state index contributed by atoms with van der Waals surface area (Å²) in [5.41, 5.74) is 1.01. The van der Waals surface area contributed by atoms with Gasteiger partial charge < -0.3 is 15.1 Å². The molecule has 2 atom stereocenters. The smallest absolute Gasteiger partial charge is 0.481 e. The van der Waals surface area contributed by atoms with E-state index in [2.05, 4.69) is 4.90 Å². The molecule has 0 aromatic heterocycles. The molecule has 1 aromatic rings. The van der Waals surface area contributed by atoms with Gasteiger partial charge >= 0.3 is 18.1 Å². The molecule has 160 valence electrons. The number of amides is 1. The highest BCUT2D eigenvalue weighted by molar-refractivity contribution is 5.81. The van der Waals surface area contributed by atoms with Crippen LogP contribution in [0.25, 0.3) is 0 Å². The SMILES string of the molecule is O=C(O)C(F)(F)F.O=C(O)[C@@H]1CN(C(=O)CN2CCCC2)C[C@H]1c1ccccc1. The van der Waals surface area contributed by atoms with E-state index in [0.29, 0.717) is 19.6 Å². The molecule has 0 spiro atoms. The Morgan fingerprint density at radius 2 is 1.55 bits per heavy atom. The maximum absolute atomic E-state index is 12.4. The molecular weight excluding hydrogens is 393 g/mol. The normalized spacial score (nSPS) is 22.1. The van der Waals surface area contributed by atoms with E-state index in [9.17, 15) is 27.9 Å². The maximum atomic E-state index is 12.4. The quantitative estimate of drug-likeness (QED) is 0.780. The summed E-state index contributed by atoms with van der Waals surface area (Å²) in [6.45, 7) is 3.21. The Hall–Kier alpha value is -2.62. The van der Waals surface area contributed by atoms with E-state index in [1.54, 1.807) is 4.90 Å². The lowest BCUT2D eigenvalue weighted by Gasteiger charge is -2.20. The van der Waals surface area contributed by atoms with Gasteiger partial charge in [-0.2, -0.15) is 13.2 Å². The lowest BCUT2D eigenvalue weighted by molar-refractivity contribution is -0.192. The van der Waals surface area contributed by atoms with Crippen molar-refractivity contribution in [2.24, 2.45) is 5.92 Å². The van der Waals surface area contributed by atoms with E-state index in [0.717, 1.165) is 31.5 Å². The average Bonchev–Trinajstić information content (AvgIpc) is 3.32. The van der Waals surface area contributed by atoms with Crippen molar-refractivity contribution < 1.29 is 37.8 Å². The van der Waals surface area contributed by atoms with Gasteiger partial charge in [-0.15, -0.1) is 0 Å². The van der Waals surface area contributed by atoms with Gasteiger partial charge in [0, 0.05) is 19.0 Å². The van der Waals surface area contributed by atoms with Gasteiger partial charge in [-0.3, -0.25) is 14.5 Å². The van der Waals surface area contributed by atoms with E-state index in [4.69, 9.17) is 9.90 Å². The number of halogens is 3. The van der Waals surface area contributed by atoms with Crippen molar-refractivity contribution in [3.63, 3.8) is 0 Å². The molecule has 2 N–H and O–H groups in total. The molecule has 3 rings (SSSR count). The van der Waals surface area contributed by atoms with Crippen LogP contribution in [0.3, 0.4) is 0 Å². The van der Waals surface area contributed by atoms with Gasteiger partial charge in [0.2, 0.25) is 5.91 Å². The number of nitrogens with zero attached hydrogens (tertiary/aromatic N) is 2. The Morgan fingerprint density at radius 3 is 2.03 bits per heavy atom. The molecule has 1 aromatic carbocycles. The average molecular weight is 416 g/mol. The Balaban J connectivity index is 0.000000370. The Labute approximate surface area is 165 Å². The van der Waals surface area contributed by atoms with Crippen LogP contribution >= 0.6 is 0 Å². The van der Waals surface area contributed by atoms with Gasteiger partial charge in [-0.1, -0.05) is 30.3 Å². The standard InChI is InChI=1S/C17H22N2O3.C2HF3O2/c20-16(12-18-8-4-5-9-18)19-10-14(15(11-19)17(21)22)13-6-2-1-3-7-13;3-2(4,5)1(6)7/h1-3,6-7,14-15H,4-5,8-12H2,(H,21,22);(H,6,7)/t14-,15+;/m0./s1. The molecule has 2 aliphatic heterocycles. The van der Waals surface area contributed by atoms with E-state index in [1.165, 1.54) is 0 Å². The van der Waals surface area contributed by atoms with Crippen molar-refractivity contribution in [2.75, 3.05) is 32.7 Å². The van der Waals surface area contributed by atoms with Gasteiger partial charge in [0.15, 0.2) is 0 Å². The largest absolute Gasteiger partial charge is 0.490 e. The number of benzene rings is 1. The molecule has 10 heteroatoms. The van der Waals surface area contributed by atoms with Crippen molar-refractivity contribution in [3.05, 3.63) is 35.9 Å². The first-order valence-electron chi connectivity index (χ1n) is 9.17. The topological polar surface area (TPSA) is 98.1 Å². The van der Waals surface area contributed by atoms with Crippen LogP contribution in [0.1, 0.15) is 24.3 Å². The molecule has 0 saturated carbocycles. The fourth-order valence-corrected chi connectivity index (χ4v) is 3.53. The molecule has 0 bridgehead atoms. The van der Waals surface area contributed by atoms with Crippen LogP contribution in [-0.4, -0.2) is 76.8 Å². The van der Waals surface area contributed by atoms with Crippen molar-refractivity contribution >= 4 is 17.8 Å². The van der Waals surface area contributed by atoms with Crippen molar-refractivity contribution in [2.45, 2.75) is 24.9 Å². The third-order valence-electron chi connectivity index (χ3n) is 5.02. The summed E-state index contributed by atoms with van der Waals surface area (Å²) in [6, 6.07) is 9.67. The number of carbonyl (C=O) groups is 3. The summed E-state index contributed by atoms with van der Waals surface area (Å²) in [6.07, 6.45) is -2.78. The second kappa shape index (κ2) is 9.73. The van der Waals surface area contributed by atoms with Crippen LogP contribution < -0.4 is 0 Å². The highest BCUT2D eigenvalue weighted by Gasteiger charge is 2.40. The Morgan fingerprint density at radius 1 is 1.00 bits per heavy atom. The second-order valence-electron chi connectivity index (χ2n) is 7.05. The minimum absolute atomic E-state index is 0.0616. The highest BCUT2D eigenvalue weighted by Crippen LogP contribution is 2.33. The predicted molar refractivity (Wildman–Crippen MR) is 96.3 cm³/mol. The summed E-state index contributed by atoms with van der Waals surface area (Å²) in [7, 11) is 0. The molecule has 0 radical (unpaired) electrons. The number of carboxylic acid groups (broad SMARTS) is 2. The molecule has 29 heavy (non-hydrogen) atoms. The number of aliphatic carboxylic acids is 2.